The lowest BCUT2D eigenvalue weighted by Crippen LogP contribution is -2.33. The van der Waals surface area contributed by atoms with Gasteiger partial charge in [0, 0.05) is 24.7 Å². The number of rotatable bonds is 6. The molecular weight excluding hydrogens is 264 g/mol. The molecule has 4 nitrogen and oxygen atoms in total. The molecule has 1 aliphatic carbocycles. The van der Waals surface area contributed by atoms with Crippen LogP contribution in [-0.4, -0.2) is 28.7 Å². The number of amides is 1. The topological polar surface area (TPSA) is 54.3 Å². The summed E-state index contributed by atoms with van der Waals surface area (Å²) in [7, 11) is 0. The molecule has 3 rings (SSSR count). The maximum atomic E-state index is 12.3. The summed E-state index contributed by atoms with van der Waals surface area (Å²) in [5.41, 5.74) is 1.76. The molecule has 1 fully saturated rings. The lowest BCUT2D eigenvalue weighted by molar-refractivity contribution is 0.0926. The van der Waals surface area contributed by atoms with Crippen LogP contribution in [0.2, 0.25) is 0 Å². The van der Waals surface area contributed by atoms with Crippen LogP contribution in [0.4, 0.5) is 0 Å². The molecule has 21 heavy (non-hydrogen) atoms. The maximum Gasteiger partial charge on any atom is 0.267 e. The second-order valence-corrected chi connectivity index (χ2v) is 5.85. The van der Waals surface area contributed by atoms with Gasteiger partial charge in [0.1, 0.15) is 5.69 Å². The molecule has 1 saturated carbocycles. The number of aliphatic hydroxyl groups is 1. The van der Waals surface area contributed by atoms with Crippen molar-refractivity contribution >= 4 is 5.91 Å². The van der Waals surface area contributed by atoms with E-state index in [1.54, 1.807) is 0 Å². The first-order chi connectivity index (χ1) is 10.2. The monoisotopic (exact) mass is 284 g/mol. The maximum absolute atomic E-state index is 12.3. The molecule has 1 heterocycles. The van der Waals surface area contributed by atoms with Crippen LogP contribution in [0.25, 0.3) is 0 Å². The average molecular weight is 284 g/mol. The number of carbonyl (C=O) groups excluding carboxylic acids is 1. The van der Waals surface area contributed by atoms with E-state index in [-0.39, 0.29) is 17.9 Å². The first-order valence-electron chi connectivity index (χ1n) is 7.31. The third kappa shape index (κ3) is 3.16. The van der Waals surface area contributed by atoms with E-state index in [0.717, 1.165) is 18.4 Å². The van der Waals surface area contributed by atoms with Crippen molar-refractivity contribution < 1.29 is 9.90 Å². The first kappa shape index (κ1) is 13.9. The number of carbonyl (C=O) groups is 1. The van der Waals surface area contributed by atoms with Gasteiger partial charge in [0.05, 0.1) is 6.61 Å². The van der Waals surface area contributed by atoms with Crippen LogP contribution >= 0.6 is 0 Å². The third-order valence-corrected chi connectivity index (χ3v) is 4.17. The number of aromatic nitrogens is 1. The molecule has 0 radical (unpaired) electrons. The van der Waals surface area contributed by atoms with E-state index in [1.807, 2.05) is 53.2 Å². The molecule has 1 amide bonds. The Kier molecular flexibility index (Phi) is 3.80. The molecule has 0 unspecified atom stereocenters. The Balaban J connectivity index is 1.66. The molecule has 0 aliphatic heterocycles. The minimum atomic E-state index is -0.0735. The summed E-state index contributed by atoms with van der Waals surface area (Å²) >= 11 is 0. The second kappa shape index (κ2) is 5.74. The molecule has 110 valence electrons. The van der Waals surface area contributed by atoms with Crippen LogP contribution in [0, 0.1) is 5.41 Å². The van der Waals surface area contributed by atoms with Crippen molar-refractivity contribution in [3.63, 3.8) is 0 Å². The van der Waals surface area contributed by atoms with E-state index in [0.29, 0.717) is 18.8 Å². The number of hydrogen-bond acceptors (Lipinski definition) is 2. The highest BCUT2D eigenvalue weighted by atomic mass is 16.3. The van der Waals surface area contributed by atoms with Crippen LogP contribution in [-0.2, 0) is 6.54 Å². The number of nitrogens with one attached hydrogen (secondary N) is 1. The summed E-state index contributed by atoms with van der Waals surface area (Å²) in [5.74, 6) is -0.0735. The van der Waals surface area contributed by atoms with Gasteiger partial charge in [0.25, 0.3) is 5.91 Å². The van der Waals surface area contributed by atoms with Crippen LogP contribution < -0.4 is 5.32 Å². The number of benzene rings is 1. The lowest BCUT2D eigenvalue weighted by atomic mass is 10.1. The highest BCUT2D eigenvalue weighted by Crippen LogP contribution is 2.44. The second-order valence-electron chi connectivity index (χ2n) is 5.85. The van der Waals surface area contributed by atoms with Gasteiger partial charge < -0.3 is 15.0 Å². The van der Waals surface area contributed by atoms with Crippen molar-refractivity contribution in [3.8, 4) is 0 Å². The fraction of sp³-hybridized carbons (Fsp3) is 0.353. The molecule has 4 heteroatoms. The molecule has 2 aromatic rings. The summed E-state index contributed by atoms with van der Waals surface area (Å²) < 4.78 is 1.95. The van der Waals surface area contributed by atoms with Crippen LogP contribution in [0.3, 0.4) is 0 Å². The lowest BCUT2D eigenvalue weighted by Gasteiger charge is -2.14. The number of aliphatic hydroxyl groups excluding tert-OH is 1. The zero-order valence-corrected chi connectivity index (χ0v) is 12.0. The fourth-order valence-electron chi connectivity index (χ4n) is 2.46. The molecule has 1 aromatic carbocycles. The zero-order chi connectivity index (χ0) is 14.7. The van der Waals surface area contributed by atoms with Gasteiger partial charge in [0.2, 0.25) is 0 Å². The van der Waals surface area contributed by atoms with Gasteiger partial charge in [-0.05, 0) is 30.5 Å². The molecule has 1 aliphatic rings. The number of hydrogen-bond donors (Lipinski definition) is 2. The highest BCUT2D eigenvalue weighted by Gasteiger charge is 2.42. The van der Waals surface area contributed by atoms with Crippen LogP contribution in [0.1, 0.15) is 28.9 Å². The minimum absolute atomic E-state index is 0.0630. The molecule has 0 atom stereocenters. The van der Waals surface area contributed by atoms with Gasteiger partial charge in [-0.1, -0.05) is 30.3 Å². The Hall–Kier alpha value is -2.07. The van der Waals surface area contributed by atoms with Crippen molar-refractivity contribution in [1.82, 2.24) is 9.88 Å². The Labute approximate surface area is 124 Å². The molecular formula is C17H20N2O2. The molecule has 1 aromatic heterocycles. The highest BCUT2D eigenvalue weighted by molar-refractivity contribution is 5.92. The summed E-state index contributed by atoms with van der Waals surface area (Å²) in [5, 5.41) is 12.2. The summed E-state index contributed by atoms with van der Waals surface area (Å²) in [6.07, 6.45) is 3.91. The van der Waals surface area contributed by atoms with E-state index < -0.39 is 0 Å². The summed E-state index contributed by atoms with van der Waals surface area (Å²) in [4.78, 5) is 12.3. The summed E-state index contributed by atoms with van der Waals surface area (Å²) in [6.45, 7) is 1.39. The van der Waals surface area contributed by atoms with Crippen LogP contribution in [0.15, 0.2) is 48.7 Å². The Morgan fingerprint density at radius 3 is 2.62 bits per heavy atom. The first-order valence-corrected chi connectivity index (χ1v) is 7.31. The SMILES string of the molecule is O=C(NCC1(CO)CC1)c1cccn1Cc1ccccc1. The largest absolute Gasteiger partial charge is 0.396 e. The molecule has 0 spiro atoms. The predicted octanol–water partition coefficient (Wildman–Crippen LogP) is 2.04. The smallest absolute Gasteiger partial charge is 0.267 e. The van der Waals surface area contributed by atoms with E-state index >= 15 is 0 Å². The predicted molar refractivity (Wildman–Crippen MR) is 81.1 cm³/mol. The van der Waals surface area contributed by atoms with Crippen molar-refractivity contribution in [2.24, 2.45) is 5.41 Å². The fourth-order valence-corrected chi connectivity index (χ4v) is 2.46. The number of nitrogens with zero attached hydrogens (tertiary/aromatic N) is 1. The van der Waals surface area contributed by atoms with Crippen molar-refractivity contribution in [3.05, 3.63) is 59.9 Å². The van der Waals surface area contributed by atoms with Gasteiger partial charge in [-0.25, -0.2) is 0 Å². The Morgan fingerprint density at radius 2 is 1.95 bits per heavy atom. The van der Waals surface area contributed by atoms with Gasteiger partial charge >= 0.3 is 0 Å². The Morgan fingerprint density at radius 1 is 1.19 bits per heavy atom. The van der Waals surface area contributed by atoms with E-state index in [9.17, 15) is 9.90 Å². The van der Waals surface area contributed by atoms with E-state index in [2.05, 4.69) is 5.32 Å². The molecule has 2 N–H and O–H groups in total. The molecule has 0 bridgehead atoms. The average Bonchev–Trinajstić information content (AvgIpc) is 3.17. The van der Waals surface area contributed by atoms with Crippen molar-refractivity contribution in [1.29, 1.82) is 0 Å². The van der Waals surface area contributed by atoms with Crippen LogP contribution in [0.5, 0.6) is 0 Å². The van der Waals surface area contributed by atoms with Gasteiger partial charge in [0.15, 0.2) is 0 Å². The quantitative estimate of drug-likeness (QED) is 0.853. The molecule has 0 saturated heterocycles. The standard InChI is InChI=1S/C17H20N2O2/c20-13-17(8-9-17)12-18-16(21)15-7-4-10-19(15)11-14-5-2-1-3-6-14/h1-7,10,20H,8-9,11-13H2,(H,18,21). The minimum Gasteiger partial charge on any atom is -0.396 e. The Bertz CT molecular complexity index is 615. The van der Waals surface area contributed by atoms with Gasteiger partial charge in [-0.15, -0.1) is 0 Å². The third-order valence-electron chi connectivity index (χ3n) is 4.17. The van der Waals surface area contributed by atoms with Crippen molar-refractivity contribution in [2.45, 2.75) is 19.4 Å². The van der Waals surface area contributed by atoms with Gasteiger partial charge in [-0.3, -0.25) is 4.79 Å². The normalized spacial score (nSPS) is 15.7. The van der Waals surface area contributed by atoms with E-state index in [1.165, 1.54) is 0 Å². The van der Waals surface area contributed by atoms with Gasteiger partial charge in [-0.2, -0.15) is 0 Å². The van der Waals surface area contributed by atoms with Crippen molar-refractivity contribution in [2.75, 3.05) is 13.2 Å². The summed E-state index contributed by atoms with van der Waals surface area (Å²) in [6, 6.07) is 13.8. The zero-order valence-electron chi connectivity index (χ0n) is 12.0. The van der Waals surface area contributed by atoms with E-state index in [4.69, 9.17) is 0 Å².